The number of hydrogen-bond donors (Lipinski definition) is 1. The summed E-state index contributed by atoms with van der Waals surface area (Å²) in [4.78, 5) is 0. The van der Waals surface area contributed by atoms with Gasteiger partial charge in [0.05, 0.1) is 22.0 Å². The Morgan fingerprint density at radius 1 is 1.22 bits per heavy atom. The standard InChI is InChI=1S/C17H12Cl2N2O2/c18-4-6-23-17-12(10-20)7-13(9-15(17)19)21-5-3-11-8-14(22)1-2-16(11)21/h1-3,5,7-9,22H,4,6H2. The van der Waals surface area contributed by atoms with Gasteiger partial charge in [0.2, 0.25) is 0 Å². The Kier molecular flexibility index (Phi) is 4.33. The molecule has 2 aromatic carbocycles. The van der Waals surface area contributed by atoms with Crippen LogP contribution in [0.15, 0.2) is 42.6 Å². The summed E-state index contributed by atoms with van der Waals surface area (Å²) in [7, 11) is 0. The summed E-state index contributed by atoms with van der Waals surface area (Å²) in [6.45, 7) is 0.279. The molecule has 0 saturated carbocycles. The Labute approximate surface area is 143 Å². The van der Waals surface area contributed by atoms with Crippen LogP contribution in [0.25, 0.3) is 16.6 Å². The topological polar surface area (TPSA) is 58.2 Å². The highest BCUT2D eigenvalue weighted by Crippen LogP contribution is 2.33. The number of aromatic nitrogens is 1. The smallest absolute Gasteiger partial charge is 0.155 e. The SMILES string of the molecule is N#Cc1cc(-n2ccc3cc(O)ccc32)cc(Cl)c1OCCCl. The Hall–Kier alpha value is -2.35. The maximum atomic E-state index is 9.55. The number of rotatable bonds is 4. The highest BCUT2D eigenvalue weighted by molar-refractivity contribution is 6.32. The first-order chi connectivity index (χ1) is 11.1. The zero-order valence-corrected chi connectivity index (χ0v) is 13.5. The molecule has 1 aromatic heterocycles. The molecule has 3 aromatic rings. The third-order valence-electron chi connectivity index (χ3n) is 3.42. The second-order valence-electron chi connectivity index (χ2n) is 4.88. The molecule has 0 saturated heterocycles. The van der Waals surface area contributed by atoms with Gasteiger partial charge in [0.25, 0.3) is 0 Å². The molecule has 0 aliphatic rings. The number of halogens is 2. The molecule has 0 radical (unpaired) electrons. The van der Waals surface area contributed by atoms with Gasteiger partial charge in [0, 0.05) is 17.3 Å². The number of hydrogen-bond acceptors (Lipinski definition) is 3. The van der Waals surface area contributed by atoms with E-state index in [0.29, 0.717) is 22.2 Å². The molecule has 0 unspecified atom stereocenters. The molecule has 0 spiro atoms. The molecule has 0 amide bonds. The molecule has 116 valence electrons. The van der Waals surface area contributed by atoms with Crippen LogP contribution >= 0.6 is 23.2 Å². The van der Waals surface area contributed by atoms with Crippen LogP contribution in [0.4, 0.5) is 0 Å². The normalized spacial score (nSPS) is 10.7. The summed E-state index contributed by atoms with van der Waals surface area (Å²) in [6.07, 6.45) is 1.86. The number of ether oxygens (including phenoxy) is 1. The van der Waals surface area contributed by atoms with Crippen LogP contribution in [0.3, 0.4) is 0 Å². The fraction of sp³-hybridized carbons (Fsp3) is 0.118. The van der Waals surface area contributed by atoms with Crippen molar-refractivity contribution in [2.24, 2.45) is 0 Å². The Bertz CT molecular complexity index is 913. The van der Waals surface area contributed by atoms with Crippen LogP contribution in [-0.2, 0) is 0 Å². The fourth-order valence-electron chi connectivity index (χ4n) is 2.44. The Morgan fingerprint density at radius 2 is 2.04 bits per heavy atom. The van der Waals surface area contributed by atoms with Gasteiger partial charge in [-0.15, -0.1) is 11.6 Å². The predicted octanol–water partition coefficient (Wildman–Crippen LogP) is 4.48. The van der Waals surface area contributed by atoms with Crippen LogP contribution < -0.4 is 4.74 Å². The van der Waals surface area contributed by atoms with Crippen LogP contribution in [0, 0.1) is 11.3 Å². The lowest BCUT2D eigenvalue weighted by Gasteiger charge is -2.12. The van der Waals surface area contributed by atoms with Crippen molar-refractivity contribution in [2.75, 3.05) is 12.5 Å². The molecule has 4 nitrogen and oxygen atoms in total. The maximum absolute atomic E-state index is 9.55. The van der Waals surface area contributed by atoms with Gasteiger partial charge in [-0.25, -0.2) is 0 Å². The number of aromatic hydroxyl groups is 1. The third-order valence-corrected chi connectivity index (χ3v) is 3.86. The van der Waals surface area contributed by atoms with Gasteiger partial charge >= 0.3 is 0 Å². The maximum Gasteiger partial charge on any atom is 0.155 e. The zero-order chi connectivity index (χ0) is 16.4. The van der Waals surface area contributed by atoms with E-state index in [1.165, 1.54) is 0 Å². The first-order valence-electron chi connectivity index (χ1n) is 6.87. The van der Waals surface area contributed by atoms with E-state index in [1.54, 1.807) is 24.3 Å². The van der Waals surface area contributed by atoms with Crippen molar-refractivity contribution >= 4 is 34.1 Å². The second kappa shape index (κ2) is 6.41. The molecule has 0 bridgehead atoms. The lowest BCUT2D eigenvalue weighted by atomic mass is 10.2. The predicted molar refractivity (Wildman–Crippen MR) is 90.9 cm³/mol. The minimum absolute atomic E-state index is 0.204. The van der Waals surface area contributed by atoms with E-state index < -0.39 is 0 Å². The number of phenols is 1. The van der Waals surface area contributed by atoms with Crippen LogP contribution in [0.5, 0.6) is 11.5 Å². The van der Waals surface area contributed by atoms with Gasteiger partial charge in [0.1, 0.15) is 18.4 Å². The van der Waals surface area contributed by atoms with Crippen molar-refractivity contribution in [3.63, 3.8) is 0 Å². The zero-order valence-electron chi connectivity index (χ0n) is 12.0. The third kappa shape index (κ3) is 2.94. The van der Waals surface area contributed by atoms with Crippen LogP contribution in [-0.4, -0.2) is 22.2 Å². The number of nitriles is 1. The molecule has 1 heterocycles. The molecular weight excluding hydrogens is 335 g/mol. The van der Waals surface area contributed by atoms with Crippen molar-refractivity contribution in [3.05, 3.63) is 53.2 Å². The quantitative estimate of drug-likeness (QED) is 0.708. The molecule has 0 aliphatic carbocycles. The van der Waals surface area contributed by atoms with E-state index >= 15 is 0 Å². The first kappa shape index (κ1) is 15.5. The number of phenolic OH excluding ortho intramolecular Hbond substituents is 1. The summed E-state index contributed by atoms with van der Waals surface area (Å²) in [5, 5.41) is 20.1. The summed E-state index contributed by atoms with van der Waals surface area (Å²) < 4.78 is 7.35. The van der Waals surface area contributed by atoms with E-state index in [2.05, 4.69) is 6.07 Å². The average Bonchev–Trinajstić information content (AvgIpc) is 2.96. The molecule has 0 fully saturated rings. The molecule has 3 rings (SSSR count). The highest BCUT2D eigenvalue weighted by atomic mass is 35.5. The Morgan fingerprint density at radius 3 is 2.78 bits per heavy atom. The monoisotopic (exact) mass is 346 g/mol. The summed E-state index contributed by atoms with van der Waals surface area (Å²) in [5.74, 6) is 0.859. The van der Waals surface area contributed by atoms with Crippen molar-refractivity contribution in [3.8, 4) is 23.3 Å². The number of nitrogens with zero attached hydrogens (tertiary/aromatic N) is 2. The molecular formula is C17H12Cl2N2O2. The first-order valence-corrected chi connectivity index (χ1v) is 7.78. The lowest BCUT2D eigenvalue weighted by Crippen LogP contribution is -2.02. The van der Waals surface area contributed by atoms with Crippen LogP contribution in [0.2, 0.25) is 5.02 Å². The van der Waals surface area contributed by atoms with E-state index in [4.69, 9.17) is 27.9 Å². The molecule has 0 atom stereocenters. The van der Waals surface area contributed by atoms with Crippen molar-refractivity contribution in [1.82, 2.24) is 4.57 Å². The highest BCUT2D eigenvalue weighted by Gasteiger charge is 2.13. The molecule has 1 N–H and O–H groups in total. The van der Waals surface area contributed by atoms with Gasteiger partial charge in [-0.1, -0.05) is 11.6 Å². The van der Waals surface area contributed by atoms with Gasteiger partial charge in [-0.05, 0) is 36.4 Å². The van der Waals surface area contributed by atoms with Gasteiger partial charge < -0.3 is 14.4 Å². The second-order valence-corrected chi connectivity index (χ2v) is 5.67. The average molecular weight is 347 g/mol. The van der Waals surface area contributed by atoms with Crippen molar-refractivity contribution in [1.29, 1.82) is 5.26 Å². The molecule has 6 heteroatoms. The van der Waals surface area contributed by atoms with Crippen molar-refractivity contribution in [2.45, 2.75) is 0 Å². The minimum atomic E-state index is 0.204. The largest absolute Gasteiger partial charge is 0.508 e. The summed E-state index contributed by atoms with van der Waals surface area (Å²) >= 11 is 11.9. The number of benzene rings is 2. The number of fused-ring (bicyclic) bond motifs is 1. The lowest BCUT2D eigenvalue weighted by molar-refractivity contribution is 0.342. The van der Waals surface area contributed by atoms with Gasteiger partial charge in [-0.2, -0.15) is 5.26 Å². The van der Waals surface area contributed by atoms with E-state index in [-0.39, 0.29) is 12.4 Å². The summed E-state index contributed by atoms with van der Waals surface area (Å²) in [5.41, 5.74) is 1.99. The van der Waals surface area contributed by atoms with E-state index in [1.807, 2.05) is 22.9 Å². The van der Waals surface area contributed by atoms with E-state index in [0.717, 1.165) is 16.6 Å². The number of alkyl halides is 1. The molecule has 23 heavy (non-hydrogen) atoms. The van der Waals surface area contributed by atoms with Gasteiger partial charge in [-0.3, -0.25) is 0 Å². The van der Waals surface area contributed by atoms with Crippen LogP contribution in [0.1, 0.15) is 5.56 Å². The minimum Gasteiger partial charge on any atom is -0.508 e. The molecule has 0 aliphatic heterocycles. The summed E-state index contributed by atoms with van der Waals surface area (Å²) in [6, 6.07) is 12.5. The van der Waals surface area contributed by atoms with Gasteiger partial charge in [0.15, 0.2) is 5.75 Å². The fourth-order valence-corrected chi connectivity index (χ4v) is 2.79. The van der Waals surface area contributed by atoms with Crippen molar-refractivity contribution < 1.29 is 9.84 Å². The Balaban J connectivity index is 2.12. The van der Waals surface area contributed by atoms with E-state index in [9.17, 15) is 10.4 Å².